The fourth-order valence-electron chi connectivity index (χ4n) is 1.50. The predicted octanol–water partition coefficient (Wildman–Crippen LogP) is 2.72. The smallest absolute Gasteiger partial charge is 0.195 e. The second kappa shape index (κ2) is 2.98. The first-order valence-corrected chi connectivity index (χ1v) is 4.60. The van der Waals surface area contributed by atoms with Gasteiger partial charge in [0.15, 0.2) is 5.43 Å². The standard InChI is InChI=1S/C12H12O2/c1-7-4-5-10-11(6-7)14-9(3)8(2)12(10)13/h4-6H,1-3H3. The van der Waals surface area contributed by atoms with Gasteiger partial charge < -0.3 is 4.42 Å². The first-order chi connectivity index (χ1) is 6.59. The Hall–Kier alpha value is -1.57. The van der Waals surface area contributed by atoms with Gasteiger partial charge in [-0.2, -0.15) is 0 Å². The zero-order valence-corrected chi connectivity index (χ0v) is 8.55. The molecule has 0 bridgehead atoms. The van der Waals surface area contributed by atoms with Crippen molar-refractivity contribution < 1.29 is 4.42 Å². The van der Waals surface area contributed by atoms with Gasteiger partial charge >= 0.3 is 0 Å². The van der Waals surface area contributed by atoms with Crippen molar-refractivity contribution in [2.75, 3.05) is 0 Å². The summed E-state index contributed by atoms with van der Waals surface area (Å²) in [6.45, 7) is 5.59. The molecule has 72 valence electrons. The molecule has 1 aromatic carbocycles. The Morgan fingerprint density at radius 3 is 2.57 bits per heavy atom. The highest BCUT2D eigenvalue weighted by Crippen LogP contribution is 2.15. The molecular formula is C12H12O2. The molecular weight excluding hydrogens is 176 g/mol. The summed E-state index contributed by atoms with van der Waals surface area (Å²) < 4.78 is 5.55. The van der Waals surface area contributed by atoms with Gasteiger partial charge in [-0.05, 0) is 38.5 Å². The van der Waals surface area contributed by atoms with Crippen LogP contribution in [0.5, 0.6) is 0 Å². The number of rotatable bonds is 0. The van der Waals surface area contributed by atoms with Crippen molar-refractivity contribution in [1.82, 2.24) is 0 Å². The van der Waals surface area contributed by atoms with E-state index in [1.165, 1.54) is 0 Å². The van der Waals surface area contributed by atoms with Crippen molar-refractivity contribution in [2.24, 2.45) is 0 Å². The Kier molecular flexibility index (Phi) is 1.92. The van der Waals surface area contributed by atoms with Crippen LogP contribution in [0.3, 0.4) is 0 Å². The maximum absolute atomic E-state index is 11.8. The second-order valence-electron chi connectivity index (χ2n) is 3.61. The van der Waals surface area contributed by atoms with Crippen LogP contribution >= 0.6 is 0 Å². The number of fused-ring (bicyclic) bond motifs is 1. The lowest BCUT2D eigenvalue weighted by Gasteiger charge is -2.02. The van der Waals surface area contributed by atoms with E-state index in [2.05, 4.69) is 0 Å². The normalized spacial score (nSPS) is 10.8. The molecule has 0 amide bonds. The molecule has 1 heterocycles. The molecule has 0 saturated carbocycles. The fourth-order valence-corrected chi connectivity index (χ4v) is 1.50. The number of hydrogen-bond acceptors (Lipinski definition) is 2. The summed E-state index contributed by atoms with van der Waals surface area (Å²) in [7, 11) is 0. The van der Waals surface area contributed by atoms with Crippen molar-refractivity contribution >= 4 is 11.0 Å². The number of hydrogen-bond donors (Lipinski definition) is 0. The Morgan fingerprint density at radius 2 is 1.86 bits per heavy atom. The van der Waals surface area contributed by atoms with Crippen molar-refractivity contribution in [3.8, 4) is 0 Å². The van der Waals surface area contributed by atoms with Crippen LogP contribution in [0.1, 0.15) is 16.9 Å². The number of aryl methyl sites for hydroxylation is 2. The Labute approximate surface area is 82.2 Å². The highest BCUT2D eigenvalue weighted by atomic mass is 16.3. The molecule has 0 aliphatic heterocycles. The van der Waals surface area contributed by atoms with Crippen LogP contribution in [-0.4, -0.2) is 0 Å². The minimum Gasteiger partial charge on any atom is -0.461 e. The molecule has 0 fully saturated rings. The summed E-state index contributed by atoms with van der Waals surface area (Å²) in [6.07, 6.45) is 0. The Bertz CT molecular complexity index is 550. The van der Waals surface area contributed by atoms with Crippen LogP contribution < -0.4 is 5.43 Å². The van der Waals surface area contributed by atoms with Crippen LogP contribution in [0.15, 0.2) is 27.4 Å². The molecule has 0 N–H and O–H groups in total. The molecule has 0 atom stereocenters. The van der Waals surface area contributed by atoms with E-state index >= 15 is 0 Å². The molecule has 0 spiro atoms. The predicted molar refractivity (Wildman–Crippen MR) is 56.7 cm³/mol. The molecule has 0 aliphatic rings. The molecule has 2 nitrogen and oxygen atoms in total. The van der Waals surface area contributed by atoms with Crippen LogP contribution in [0.2, 0.25) is 0 Å². The van der Waals surface area contributed by atoms with E-state index < -0.39 is 0 Å². The average molecular weight is 188 g/mol. The molecule has 2 aromatic rings. The van der Waals surface area contributed by atoms with Gasteiger partial charge in [0.05, 0.1) is 5.39 Å². The first kappa shape index (κ1) is 9.00. The van der Waals surface area contributed by atoms with Gasteiger partial charge in [-0.3, -0.25) is 4.79 Å². The zero-order chi connectivity index (χ0) is 10.3. The summed E-state index contributed by atoms with van der Waals surface area (Å²) in [5.41, 5.74) is 2.55. The van der Waals surface area contributed by atoms with E-state index in [0.29, 0.717) is 22.3 Å². The summed E-state index contributed by atoms with van der Waals surface area (Å²) >= 11 is 0. The third kappa shape index (κ3) is 1.23. The van der Waals surface area contributed by atoms with Crippen LogP contribution in [0.4, 0.5) is 0 Å². The van der Waals surface area contributed by atoms with Gasteiger partial charge in [-0.25, -0.2) is 0 Å². The topological polar surface area (TPSA) is 30.2 Å². The lowest BCUT2D eigenvalue weighted by atomic mass is 10.1. The summed E-state index contributed by atoms with van der Waals surface area (Å²) in [5.74, 6) is 0.702. The lowest BCUT2D eigenvalue weighted by molar-refractivity contribution is 0.558. The molecule has 2 rings (SSSR count). The Balaban J connectivity index is 2.98. The lowest BCUT2D eigenvalue weighted by Crippen LogP contribution is -2.07. The monoisotopic (exact) mass is 188 g/mol. The highest BCUT2D eigenvalue weighted by molar-refractivity contribution is 5.77. The van der Waals surface area contributed by atoms with Crippen LogP contribution in [0, 0.1) is 20.8 Å². The molecule has 0 saturated heterocycles. The molecule has 14 heavy (non-hydrogen) atoms. The van der Waals surface area contributed by atoms with Gasteiger partial charge in [0.1, 0.15) is 11.3 Å². The van der Waals surface area contributed by atoms with Crippen molar-refractivity contribution in [2.45, 2.75) is 20.8 Å². The minimum atomic E-state index is 0.0729. The van der Waals surface area contributed by atoms with E-state index in [1.54, 1.807) is 6.92 Å². The molecule has 1 aromatic heterocycles. The summed E-state index contributed by atoms with van der Waals surface area (Å²) in [6, 6.07) is 5.64. The highest BCUT2D eigenvalue weighted by Gasteiger charge is 2.06. The fraction of sp³-hybridized carbons (Fsp3) is 0.250. The van der Waals surface area contributed by atoms with Crippen LogP contribution in [-0.2, 0) is 0 Å². The van der Waals surface area contributed by atoms with E-state index in [9.17, 15) is 4.79 Å². The molecule has 0 unspecified atom stereocenters. The SMILES string of the molecule is Cc1ccc2c(=O)c(C)c(C)oc2c1. The van der Waals surface area contributed by atoms with E-state index in [1.807, 2.05) is 32.0 Å². The molecule has 0 aliphatic carbocycles. The van der Waals surface area contributed by atoms with E-state index in [4.69, 9.17) is 4.42 Å². The first-order valence-electron chi connectivity index (χ1n) is 4.60. The van der Waals surface area contributed by atoms with E-state index in [-0.39, 0.29) is 5.43 Å². The second-order valence-corrected chi connectivity index (χ2v) is 3.61. The van der Waals surface area contributed by atoms with Gasteiger partial charge in [0.25, 0.3) is 0 Å². The third-order valence-corrected chi connectivity index (χ3v) is 2.51. The van der Waals surface area contributed by atoms with E-state index in [0.717, 1.165) is 5.56 Å². The third-order valence-electron chi connectivity index (χ3n) is 2.51. The zero-order valence-electron chi connectivity index (χ0n) is 8.55. The summed E-state index contributed by atoms with van der Waals surface area (Å²) in [4.78, 5) is 11.8. The summed E-state index contributed by atoms with van der Waals surface area (Å²) in [5, 5.41) is 0.665. The maximum atomic E-state index is 11.8. The van der Waals surface area contributed by atoms with Crippen molar-refractivity contribution in [1.29, 1.82) is 0 Å². The molecule has 2 heteroatoms. The minimum absolute atomic E-state index is 0.0729. The Morgan fingerprint density at radius 1 is 1.14 bits per heavy atom. The molecule has 0 radical (unpaired) electrons. The average Bonchev–Trinajstić information content (AvgIpc) is 2.14. The van der Waals surface area contributed by atoms with Crippen LogP contribution in [0.25, 0.3) is 11.0 Å². The maximum Gasteiger partial charge on any atom is 0.195 e. The van der Waals surface area contributed by atoms with Gasteiger partial charge in [-0.15, -0.1) is 0 Å². The van der Waals surface area contributed by atoms with Gasteiger partial charge in [-0.1, -0.05) is 6.07 Å². The van der Waals surface area contributed by atoms with Crippen molar-refractivity contribution in [3.63, 3.8) is 0 Å². The van der Waals surface area contributed by atoms with Gasteiger partial charge in [0, 0.05) is 5.56 Å². The van der Waals surface area contributed by atoms with Gasteiger partial charge in [0.2, 0.25) is 0 Å². The number of benzene rings is 1. The quantitative estimate of drug-likeness (QED) is 0.636. The van der Waals surface area contributed by atoms with Crippen molar-refractivity contribution in [3.05, 3.63) is 45.3 Å². The largest absolute Gasteiger partial charge is 0.461 e.